The van der Waals surface area contributed by atoms with Crippen molar-refractivity contribution in [2.24, 2.45) is 10.2 Å². The van der Waals surface area contributed by atoms with Crippen LogP contribution >= 0.6 is 23.2 Å². The number of halogens is 2. The van der Waals surface area contributed by atoms with Crippen LogP contribution in [0.5, 0.6) is 5.75 Å². The van der Waals surface area contributed by atoms with Gasteiger partial charge in [0.1, 0.15) is 47.5 Å². The number of anilines is 3. The number of fused-ring (bicyclic) bond motifs is 1. The van der Waals surface area contributed by atoms with Crippen LogP contribution < -0.4 is 99.7 Å². The minimum absolute atomic E-state index is 0. The van der Waals surface area contributed by atoms with Gasteiger partial charge in [-0.15, -0.1) is 10.2 Å². The molecule has 0 aliphatic heterocycles. The number of rotatable bonds is 7. The van der Waals surface area contributed by atoms with E-state index in [0.29, 0.717) is 18.2 Å². The number of benzene rings is 3. The van der Waals surface area contributed by atoms with Crippen LogP contribution in [0.1, 0.15) is 0 Å². The Labute approximate surface area is 325 Å². The van der Waals surface area contributed by atoms with Crippen LogP contribution in [-0.4, -0.2) is 59.0 Å². The minimum Gasteiger partial charge on any atom is -0.744 e. The van der Waals surface area contributed by atoms with Crippen LogP contribution in [0.15, 0.2) is 61.3 Å². The molecule has 1 aromatic heterocycles. The van der Waals surface area contributed by atoms with Crippen molar-refractivity contribution in [2.75, 3.05) is 11.1 Å². The third kappa shape index (κ3) is 9.64. The molecule has 0 fully saturated rings. The van der Waals surface area contributed by atoms with Crippen LogP contribution in [0.2, 0.25) is 10.6 Å². The van der Waals surface area contributed by atoms with E-state index in [0.717, 1.165) is 18.2 Å². The zero-order chi connectivity index (χ0) is 30.5. The molecule has 0 saturated carbocycles. The standard InChI is InChI=1S/C19H13Cl2N7O10S3.3Na/c20-17-24-18(21)26-19(25-17)23-8-1-2-12(40(33,34)35)10(5-8)27-28-16-13(41(36,37)38)4-7-3-9(39(30,31)32)6-11(29)14(7)15(16)22;;;/h1-6,29H,22H2,(H,30,31,32)(H,33,34,35)(H,36,37,38)(H,23,24,25,26);;;/q;3*+1/p-3. The van der Waals surface area contributed by atoms with Crippen molar-refractivity contribution in [3.63, 3.8) is 0 Å². The van der Waals surface area contributed by atoms with Gasteiger partial charge in [-0.05, 0) is 65.0 Å². The molecule has 0 atom stereocenters. The number of aromatic hydroxyl groups is 1. The number of nitrogens with zero attached hydrogens (tertiary/aromatic N) is 5. The molecule has 0 amide bonds. The van der Waals surface area contributed by atoms with Gasteiger partial charge in [0.15, 0.2) is 0 Å². The minimum atomic E-state index is -5.44. The van der Waals surface area contributed by atoms with E-state index in [-0.39, 0.29) is 111 Å². The van der Waals surface area contributed by atoms with Gasteiger partial charge in [-0.25, -0.2) is 25.3 Å². The van der Waals surface area contributed by atoms with E-state index in [4.69, 9.17) is 28.9 Å². The van der Waals surface area contributed by atoms with E-state index in [1.807, 2.05) is 0 Å². The van der Waals surface area contributed by atoms with Gasteiger partial charge in [-0.2, -0.15) is 15.0 Å². The molecule has 4 aromatic rings. The van der Waals surface area contributed by atoms with Crippen molar-refractivity contribution >= 4 is 93.0 Å². The topological polar surface area (TPSA) is 293 Å². The van der Waals surface area contributed by atoms with E-state index in [2.05, 4.69) is 30.5 Å². The SMILES string of the molecule is Nc1c(N=Nc2cc(Nc3nc(Cl)nc(Cl)n3)ccc2S(=O)(=O)[O-])c(S(=O)(=O)[O-])cc2cc(S(=O)(=O)[O-])cc(O)c12.[Na+].[Na+].[Na+]. The van der Waals surface area contributed by atoms with Crippen LogP contribution in [0.3, 0.4) is 0 Å². The summed E-state index contributed by atoms with van der Waals surface area (Å²) in [5, 5.41) is 18.6. The van der Waals surface area contributed by atoms with Crippen molar-refractivity contribution in [1.82, 2.24) is 15.0 Å². The average molecular weight is 732 g/mol. The summed E-state index contributed by atoms with van der Waals surface area (Å²) in [7, 11) is -15.8. The Balaban J connectivity index is 0.00000323. The van der Waals surface area contributed by atoms with Gasteiger partial charge < -0.3 is 29.8 Å². The van der Waals surface area contributed by atoms with Crippen molar-refractivity contribution in [3.05, 3.63) is 47.0 Å². The number of hydrogen-bond donors (Lipinski definition) is 3. The van der Waals surface area contributed by atoms with Crippen molar-refractivity contribution in [3.8, 4) is 5.75 Å². The molecule has 0 bridgehead atoms. The molecular formula is C19H10Cl2N7Na3O10S3. The first kappa shape index (κ1) is 41.3. The third-order valence-corrected chi connectivity index (χ3v) is 7.93. The molecule has 0 aliphatic rings. The van der Waals surface area contributed by atoms with Gasteiger partial charge in [0.25, 0.3) is 0 Å². The number of phenols is 1. The fraction of sp³-hybridized carbons (Fsp3) is 0. The number of phenolic OH excluding ortho intramolecular Hbond substituents is 1. The van der Waals surface area contributed by atoms with Crippen LogP contribution in [0.4, 0.5) is 28.7 Å². The third-order valence-electron chi connectivity index (χ3n) is 5.05. The second-order valence-corrected chi connectivity index (χ2v) is 12.5. The fourth-order valence-corrected chi connectivity index (χ4v) is 5.57. The van der Waals surface area contributed by atoms with E-state index in [9.17, 15) is 44.0 Å². The molecule has 4 rings (SSSR count). The summed E-state index contributed by atoms with van der Waals surface area (Å²) >= 11 is 11.4. The second-order valence-electron chi connectivity index (χ2n) is 7.74. The first-order valence-electron chi connectivity index (χ1n) is 10.2. The van der Waals surface area contributed by atoms with Crippen molar-refractivity contribution in [1.29, 1.82) is 0 Å². The zero-order valence-corrected chi connectivity index (χ0v) is 32.3. The number of hydrogen-bond acceptors (Lipinski definition) is 17. The second kappa shape index (κ2) is 15.4. The monoisotopic (exact) mass is 731 g/mol. The predicted molar refractivity (Wildman–Crippen MR) is 138 cm³/mol. The Bertz CT molecular complexity index is 2110. The Morgan fingerprint density at radius 1 is 0.773 bits per heavy atom. The van der Waals surface area contributed by atoms with E-state index in [1.165, 1.54) is 0 Å². The van der Waals surface area contributed by atoms with Gasteiger partial charge in [0.05, 0.1) is 20.4 Å². The zero-order valence-electron chi connectivity index (χ0n) is 22.4. The normalized spacial score (nSPS) is 11.8. The van der Waals surface area contributed by atoms with Crippen LogP contribution in [0.25, 0.3) is 10.8 Å². The van der Waals surface area contributed by atoms with E-state index < -0.39 is 78.6 Å². The van der Waals surface area contributed by atoms with Crippen molar-refractivity contribution in [2.45, 2.75) is 14.7 Å². The molecule has 44 heavy (non-hydrogen) atoms. The molecular weight excluding hydrogens is 722 g/mol. The molecule has 4 N–H and O–H groups in total. The molecule has 3 aromatic carbocycles. The molecule has 216 valence electrons. The first-order valence-corrected chi connectivity index (χ1v) is 15.2. The largest absolute Gasteiger partial charge is 1.00 e. The number of aromatic nitrogens is 3. The van der Waals surface area contributed by atoms with Crippen LogP contribution in [0, 0.1) is 0 Å². The number of azo groups is 1. The van der Waals surface area contributed by atoms with Crippen molar-refractivity contribution < 1.29 is 133 Å². The predicted octanol–water partition coefficient (Wildman–Crippen LogP) is -6.50. The van der Waals surface area contributed by atoms with E-state index in [1.54, 1.807) is 0 Å². The molecule has 0 unspecified atom stereocenters. The maximum Gasteiger partial charge on any atom is 1.00 e. The van der Waals surface area contributed by atoms with Gasteiger partial charge in [0.2, 0.25) is 16.5 Å². The molecule has 0 radical (unpaired) electrons. The summed E-state index contributed by atoms with van der Waals surface area (Å²) in [6.45, 7) is 0. The quantitative estimate of drug-likeness (QED) is 0.0689. The molecule has 25 heteroatoms. The maximum atomic E-state index is 12.0. The first-order chi connectivity index (χ1) is 18.8. The summed E-state index contributed by atoms with van der Waals surface area (Å²) in [5.74, 6) is -1.10. The molecule has 17 nitrogen and oxygen atoms in total. The molecule has 1 heterocycles. The maximum absolute atomic E-state index is 12.0. The number of nitrogens with two attached hydrogens (primary N) is 1. The van der Waals surface area contributed by atoms with Crippen LogP contribution in [-0.2, 0) is 30.4 Å². The smallest absolute Gasteiger partial charge is 0.744 e. The summed E-state index contributed by atoms with van der Waals surface area (Å²) < 4.78 is 106. The molecule has 0 saturated heterocycles. The Kier molecular flexibility index (Phi) is 14.5. The fourth-order valence-electron chi connectivity index (χ4n) is 3.43. The summed E-state index contributed by atoms with van der Waals surface area (Å²) in [5.41, 5.74) is 3.64. The van der Waals surface area contributed by atoms with Gasteiger partial charge >= 0.3 is 88.7 Å². The summed E-state index contributed by atoms with van der Waals surface area (Å²) in [6.07, 6.45) is 0. The van der Waals surface area contributed by atoms with Gasteiger partial charge in [0, 0.05) is 11.1 Å². The van der Waals surface area contributed by atoms with Gasteiger partial charge in [-0.3, -0.25) is 0 Å². The number of nitrogens with one attached hydrogen (secondary N) is 1. The van der Waals surface area contributed by atoms with E-state index >= 15 is 0 Å². The Hall–Kier alpha value is -0.760. The molecule has 0 spiro atoms. The average Bonchev–Trinajstić information content (AvgIpc) is 2.80. The Morgan fingerprint density at radius 2 is 1.34 bits per heavy atom. The summed E-state index contributed by atoms with van der Waals surface area (Å²) in [6, 6.07) is 4.65. The molecule has 0 aliphatic carbocycles. The Morgan fingerprint density at radius 3 is 1.86 bits per heavy atom. The summed E-state index contributed by atoms with van der Waals surface area (Å²) in [4.78, 5) is 7.97. The number of nitrogen functional groups attached to an aromatic ring is 1. The van der Waals surface area contributed by atoms with Gasteiger partial charge in [-0.1, -0.05) is 0 Å².